The summed E-state index contributed by atoms with van der Waals surface area (Å²) in [7, 11) is 0. The molecular weight excluding hydrogens is 426 g/mol. The molecule has 2 fully saturated rings. The first-order valence-electron chi connectivity index (χ1n) is 12.5. The van der Waals surface area contributed by atoms with E-state index in [9.17, 15) is 9.59 Å². The number of benzene rings is 1. The molecule has 1 saturated carbocycles. The van der Waals surface area contributed by atoms with Crippen LogP contribution in [0.5, 0.6) is 0 Å². The number of rotatable bonds is 5. The first-order valence-corrected chi connectivity index (χ1v) is 12.5. The van der Waals surface area contributed by atoms with Gasteiger partial charge in [-0.05, 0) is 55.9 Å². The lowest BCUT2D eigenvalue weighted by Crippen LogP contribution is -2.47. The van der Waals surface area contributed by atoms with Crippen molar-refractivity contribution >= 4 is 11.8 Å². The molecule has 2 amide bonds. The normalized spacial score (nSPS) is 21.4. The second-order valence-corrected chi connectivity index (χ2v) is 9.66. The molecule has 0 bridgehead atoms. The Morgan fingerprint density at radius 3 is 2.35 bits per heavy atom. The Hall–Kier alpha value is -3.35. The first-order chi connectivity index (χ1) is 16.6. The standard InChI is InChI=1S/C27H33N5O2/c1-20-9-5-6-12-24(20)29-25(33)21-13-17-31(18-14-21)27(34)23-19-28-32(22-10-3-2-4-11-22)26(23)30-15-7-8-16-30/h2-4,7-8,10-11,15-16,19-21,24H,5-6,9,12-14,17-18H2,1H3,(H,29,33). The van der Waals surface area contributed by atoms with Gasteiger partial charge in [-0.25, -0.2) is 4.68 Å². The molecule has 7 nitrogen and oxygen atoms in total. The lowest BCUT2D eigenvalue weighted by molar-refractivity contribution is -0.127. The predicted molar refractivity (Wildman–Crippen MR) is 131 cm³/mol. The average molecular weight is 460 g/mol. The van der Waals surface area contributed by atoms with Crippen molar-refractivity contribution in [3.8, 4) is 11.5 Å². The monoisotopic (exact) mass is 459 g/mol. The van der Waals surface area contributed by atoms with Crippen LogP contribution in [0.25, 0.3) is 11.5 Å². The number of piperidine rings is 1. The Labute approximate surface area is 200 Å². The highest BCUT2D eigenvalue weighted by Crippen LogP contribution is 2.27. The van der Waals surface area contributed by atoms with Crippen LogP contribution in [0, 0.1) is 11.8 Å². The smallest absolute Gasteiger partial charge is 0.259 e. The molecule has 3 aromatic rings. The van der Waals surface area contributed by atoms with Gasteiger partial charge in [-0.15, -0.1) is 0 Å². The van der Waals surface area contributed by atoms with E-state index in [1.54, 1.807) is 10.9 Å². The summed E-state index contributed by atoms with van der Waals surface area (Å²) in [6.07, 6.45) is 11.6. The van der Waals surface area contributed by atoms with Gasteiger partial charge in [0.05, 0.1) is 11.9 Å². The van der Waals surface area contributed by atoms with E-state index in [0.29, 0.717) is 43.5 Å². The number of nitrogens with zero attached hydrogens (tertiary/aromatic N) is 4. The molecule has 7 heteroatoms. The first kappa shape index (κ1) is 22.4. The van der Waals surface area contributed by atoms with Crippen molar-refractivity contribution in [1.29, 1.82) is 0 Å². The number of amides is 2. The molecule has 3 heterocycles. The Balaban J connectivity index is 1.29. The Bertz CT molecular complexity index is 1110. The van der Waals surface area contributed by atoms with Crippen LogP contribution in [0.15, 0.2) is 61.1 Å². The highest BCUT2D eigenvalue weighted by atomic mass is 16.2. The predicted octanol–water partition coefficient (Wildman–Crippen LogP) is 4.21. The third kappa shape index (κ3) is 4.52. The summed E-state index contributed by atoms with van der Waals surface area (Å²) < 4.78 is 3.73. The molecule has 2 aliphatic rings. The Morgan fingerprint density at radius 1 is 0.941 bits per heavy atom. The van der Waals surface area contributed by atoms with Crippen LogP contribution in [-0.2, 0) is 4.79 Å². The summed E-state index contributed by atoms with van der Waals surface area (Å²) in [6.45, 7) is 3.40. The molecule has 1 saturated heterocycles. The third-order valence-electron chi connectivity index (χ3n) is 7.42. The third-order valence-corrected chi connectivity index (χ3v) is 7.42. The topological polar surface area (TPSA) is 72.2 Å². The van der Waals surface area contributed by atoms with Crippen molar-refractivity contribution in [2.45, 2.75) is 51.5 Å². The maximum Gasteiger partial charge on any atom is 0.259 e. The van der Waals surface area contributed by atoms with E-state index in [1.807, 2.05) is 64.3 Å². The van der Waals surface area contributed by atoms with Crippen LogP contribution in [-0.4, -0.2) is 50.2 Å². The van der Waals surface area contributed by atoms with Gasteiger partial charge in [0.1, 0.15) is 5.56 Å². The van der Waals surface area contributed by atoms with Crippen molar-refractivity contribution in [2.24, 2.45) is 11.8 Å². The summed E-state index contributed by atoms with van der Waals surface area (Å²) in [4.78, 5) is 28.3. The molecule has 2 atom stereocenters. The fraction of sp³-hybridized carbons (Fsp3) is 0.444. The van der Waals surface area contributed by atoms with Gasteiger partial charge < -0.3 is 14.8 Å². The molecule has 2 unspecified atom stereocenters. The Kier molecular flexibility index (Phi) is 6.52. The van der Waals surface area contributed by atoms with Gasteiger partial charge in [0.25, 0.3) is 5.91 Å². The fourth-order valence-electron chi connectivity index (χ4n) is 5.32. The van der Waals surface area contributed by atoms with Crippen LogP contribution in [0.4, 0.5) is 0 Å². The minimum absolute atomic E-state index is 0.0193. The van der Waals surface area contributed by atoms with Crippen molar-refractivity contribution < 1.29 is 9.59 Å². The van der Waals surface area contributed by atoms with E-state index in [2.05, 4.69) is 17.3 Å². The average Bonchev–Trinajstić information content (AvgIpc) is 3.56. The van der Waals surface area contributed by atoms with Gasteiger partial charge >= 0.3 is 0 Å². The van der Waals surface area contributed by atoms with E-state index >= 15 is 0 Å². The molecule has 1 aliphatic carbocycles. The van der Waals surface area contributed by atoms with Gasteiger partial charge in [-0.3, -0.25) is 9.59 Å². The maximum absolute atomic E-state index is 13.6. The maximum atomic E-state index is 13.6. The van der Waals surface area contributed by atoms with Gasteiger partial charge in [-0.1, -0.05) is 38.0 Å². The zero-order valence-corrected chi connectivity index (χ0v) is 19.8. The second-order valence-electron chi connectivity index (χ2n) is 9.66. The van der Waals surface area contributed by atoms with E-state index < -0.39 is 0 Å². The Morgan fingerprint density at radius 2 is 1.65 bits per heavy atom. The zero-order valence-electron chi connectivity index (χ0n) is 19.8. The minimum Gasteiger partial charge on any atom is -0.353 e. The zero-order chi connectivity index (χ0) is 23.5. The largest absolute Gasteiger partial charge is 0.353 e. The van der Waals surface area contributed by atoms with E-state index in [1.165, 1.54) is 19.3 Å². The van der Waals surface area contributed by atoms with Crippen molar-refractivity contribution in [3.05, 3.63) is 66.6 Å². The highest BCUT2D eigenvalue weighted by molar-refractivity contribution is 5.97. The van der Waals surface area contributed by atoms with Gasteiger partial charge in [0.15, 0.2) is 5.82 Å². The van der Waals surface area contributed by atoms with Crippen LogP contribution in [0.1, 0.15) is 55.8 Å². The molecular formula is C27H33N5O2. The quantitative estimate of drug-likeness (QED) is 0.621. The number of likely N-dealkylation sites (tertiary alicyclic amines) is 1. The molecule has 1 aromatic carbocycles. The number of carbonyl (C=O) groups excluding carboxylic acids is 2. The molecule has 5 rings (SSSR count). The number of para-hydroxylation sites is 1. The number of hydrogen-bond acceptors (Lipinski definition) is 3. The molecule has 34 heavy (non-hydrogen) atoms. The van der Waals surface area contributed by atoms with Crippen molar-refractivity contribution in [1.82, 2.24) is 24.6 Å². The lowest BCUT2D eigenvalue weighted by atomic mass is 9.85. The summed E-state index contributed by atoms with van der Waals surface area (Å²) in [5, 5.41) is 7.86. The van der Waals surface area contributed by atoms with Crippen LogP contribution >= 0.6 is 0 Å². The van der Waals surface area contributed by atoms with Crippen molar-refractivity contribution in [2.75, 3.05) is 13.1 Å². The SMILES string of the molecule is CC1CCCCC1NC(=O)C1CCN(C(=O)c2cnn(-c3ccccc3)c2-n2cccc2)CC1. The van der Waals surface area contributed by atoms with Gasteiger partial charge in [0, 0.05) is 37.4 Å². The van der Waals surface area contributed by atoms with Crippen LogP contribution < -0.4 is 5.32 Å². The van der Waals surface area contributed by atoms with Crippen LogP contribution in [0.2, 0.25) is 0 Å². The van der Waals surface area contributed by atoms with Gasteiger partial charge in [0.2, 0.25) is 5.91 Å². The summed E-state index contributed by atoms with van der Waals surface area (Å²) in [6, 6.07) is 14.0. The lowest BCUT2D eigenvalue weighted by Gasteiger charge is -2.34. The number of carbonyl (C=O) groups is 2. The van der Waals surface area contributed by atoms with E-state index in [0.717, 1.165) is 17.9 Å². The molecule has 1 aliphatic heterocycles. The molecule has 0 spiro atoms. The molecule has 178 valence electrons. The molecule has 1 N–H and O–H groups in total. The molecule has 0 radical (unpaired) electrons. The highest BCUT2D eigenvalue weighted by Gasteiger charge is 2.32. The number of hydrogen-bond donors (Lipinski definition) is 1. The van der Waals surface area contributed by atoms with Crippen molar-refractivity contribution in [3.63, 3.8) is 0 Å². The minimum atomic E-state index is -0.0364. The second kappa shape index (κ2) is 9.87. The summed E-state index contributed by atoms with van der Waals surface area (Å²) >= 11 is 0. The molecule has 2 aromatic heterocycles. The summed E-state index contributed by atoms with van der Waals surface area (Å²) in [5.74, 6) is 1.38. The fourth-order valence-corrected chi connectivity index (χ4v) is 5.32. The van der Waals surface area contributed by atoms with Crippen LogP contribution in [0.3, 0.4) is 0 Å². The van der Waals surface area contributed by atoms with Gasteiger partial charge in [-0.2, -0.15) is 5.10 Å². The van der Waals surface area contributed by atoms with E-state index in [-0.39, 0.29) is 17.7 Å². The number of aromatic nitrogens is 3. The van der Waals surface area contributed by atoms with E-state index in [4.69, 9.17) is 0 Å². The number of nitrogens with one attached hydrogen (secondary N) is 1. The summed E-state index contributed by atoms with van der Waals surface area (Å²) in [5.41, 5.74) is 1.47.